The number of halogens is 1. The second-order valence-corrected chi connectivity index (χ2v) is 5.10. The number of benzene rings is 2. The fourth-order valence-electron chi connectivity index (χ4n) is 1.73. The molecule has 0 unspecified atom stereocenters. The maximum absolute atomic E-state index is 11.6. The van der Waals surface area contributed by atoms with Gasteiger partial charge in [-0.15, -0.1) is 0 Å². The molecule has 2 N–H and O–H groups in total. The van der Waals surface area contributed by atoms with Crippen molar-refractivity contribution in [2.45, 2.75) is 6.92 Å². The number of rotatable bonds is 3. The molecule has 0 atom stereocenters. The fraction of sp³-hybridized carbons (Fsp3) is 0.133. The van der Waals surface area contributed by atoms with Crippen LogP contribution in [0.1, 0.15) is 15.9 Å². The monoisotopic (exact) mass is 335 g/mol. The average molecular weight is 336 g/mol. The predicted molar refractivity (Wildman–Crippen MR) is 81.1 cm³/mol. The second kappa shape index (κ2) is 5.96. The van der Waals surface area contributed by atoms with E-state index in [2.05, 4.69) is 20.7 Å². The third-order valence-electron chi connectivity index (χ3n) is 2.78. The number of hydrogen-bond donors (Lipinski definition) is 1. The molecule has 0 saturated heterocycles. The van der Waals surface area contributed by atoms with Crippen LogP contribution in [0.2, 0.25) is 0 Å². The van der Waals surface area contributed by atoms with Gasteiger partial charge in [0.25, 0.3) is 0 Å². The molecule has 0 aliphatic heterocycles. The molecule has 0 fully saturated rings. The van der Waals surface area contributed by atoms with Gasteiger partial charge in [-0.25, -0.2) is 4.79 Å². The van der Waals surface area contributed by atoms with Gasteiger partial charge in [0, 0.05) is 0 Å². The van der Waals surface area contributed by atoms with Crippen LogP contribution in [0.15, 0.2) is 40.9 Å². The van der Waals surface area contributed by atoms with Crippen LogP contribution in [-0.4, -0.2) is 13.1 Å². The van der Waals surface area contributed by atoms with E-state index in [0.29, 0.717) is 11.5 Å². The normalized spacial score (nSPS) is 10.2. The van der Waals surface area contributed by atoms with Gasteiger partial charge in [0.2, 0.25) is 0 Å². The Bertz CT molecular complexity index is 656. The van der Waals surface area contributed by atoms with Gasteiger partial charge >= 0.3 is 5.97 Å². The summed E-state index contributed by atoms with van der Waals surface area (Å²) in [5.41, 5.74) is 7.60. The molecule has 5 heteroatoms. The molecule has 104 valence electrons. The lowest BCUT2D eigenvalue weighted by atomic mass is 10.1. The summed E-state index contributed by atoms with van der Waals surface area (Å²) in [7, 11) is 1.31. The first-order valence-corrected chi connectivity index (χ1v) is 6.73. The van der Waals surface area contributed by atoms with E-state index in [1.165, 1.54) is 7.11 Å². The van der Waals surface area contributed by atoms with E-state index in [4.69, 9.17) is 10.5 Å². The Balaban J connectivity index is 2.37. The zero-order valence-electron chi connectivity index (χ0n) is 11.1. The van der Waals surface area contributed by atoms with Crippen molar-refractivity contribution in [3.8, 4) is 11.5 Å². The molecule has 0 amide bonds. The zero-order chi connectivity index (χ0) is 14.7. The van der Waals surface area contributed by atoms with E-state index in [9.17, 15) is 4.79 Å². The van der Waals surface area contributed by atoms with Gasteiger partial charge in [-0.05, 0) is 52.7 Å². The zero-order valence-corrected chi connectivity index (χ0v) is 12.7. The third kappa shape index (κ3) is 2.93. The third-order valence-corrected chi connectivity index (χ3v) is 3.40. The van der Waals surface area contributed by atoms with Gasteiger partial charge in [0.1, 0.15) is 5.75 Å². The summed E-state index contributed by atoms with van der Waals surface area (Å²) >= 11 is 3.43. The van der Waals surface area contributed by atoms with E-state index < -0.39 is 5.97 Å². The van der Waals surface area contributed by atoms with Crippen LogP contribution in [0.4, 0.5) is 5.69 Å². The van der Waals surface area contributed by atoms with Crippen LogP contribution in [-0.2, 0) is 4.74 Å². The van der Waals surface area contributed by atoms with Gasteiger partial charge in [-0.1, -0.05) is 12.1 Å². The van der Waals surface area contributed by atoms with E-state index in [1.807, 2.05) is 25.1 Å². The van der Waals surface area contributed by atoms with E-state index in [1.54, 1.807) is 18.2 Å². The number of aryl methyl sites for hydroxylation is 1. The lowest BCUT2D eigenvalue weighted by molar-refractivity contribution is 0.0601. The van der Waals surface area contributed by atoms with Crippen LogP contribution >= 0.6 is 15.9 Å². The molecule has 0 aliphatic carbocycles. The summed E-state index contributed by atoms with van der Waals surface area (Å²) in [4.78, 5) is 11.6. The minimum absolute atomic E-state index is 0.256. The largest absolute Gasteiger partial charge is 0.465 e. The van der Waals surface area contributed by atoms with Crippen LogP contribution in [0.5, 0.6) is 11.5 Å². The van der Waals surface area contributed by atoms with Crippen molar-refractivity contribution in [2.75, 3.05) is 12.8 Å². The molecule has 2 aromatic rings. The number of hydrogen-bond acceptors (Lipinski definition) is 4. The van der Waals surface area contributed by atoms with Gasteiger partial charge in [0.05, 0.1) is 22.8 Å². The molecule has 0 radical (unpaired) electrons. The van der Waals surface area contributed by atoms with Gasteiger partial charge in [-0.2, -0.15) is 0 Å². The minimum atomic E-state index is -0.490. The first-order chi connectivity index (χ1) is 9.52. The van der Waals surface area contributed by atoms with Crippen LogP contribution in [0.3, 0.4) is 0 Å². The molecule has 0 aromatic heterocycles. The second-order valence-electron chi connectivity index (χ2n) is 4.24. The number of para-hydroxylation sites is 1. The highest BCUT2D eigenvalue weighted by molar-refractivity contribution is 9.10. The molecule has 20 heavy (non-hydrogen) atoms. The Labute approximate surface area is 125 Å². The SMILES string of the molecule is COC(=O)c1cccc(Oc2ccc(C)cc2Br)c1N. The number of nitrogens with two attached hydrogens (primary N) is 1. The maximum atomic E-state index is 11.6. The van der Waals surface area contributed by atoms with Crippen LogP contribution in [0.25, 0.3) is 0 Å². The molecule has 2 rings (SSSR count). The number of carbonyl (C=O) groups is 1. The summed E-state index contributed by atoms with van der Waals surface area (Å²) in [6.45, 7) is 1.99. The van der Waals surface area contributed by atoms with Crippen molar-refractivity contribution in [3.63, 3.8) is 0 Å². The summed E-state index contributed by atoms with van der Waals surface area (Å²) in [5, 5.41) is 0. The molecule has 0 bridgehead atoms. The van der Waals surface area contributed by atoms with Crippen molar-refractivity contribution in [3.05, 3.63) is 52.0 Å². The quantitative estimate of drug-likeness (QED) is 0.682. The molecule has 0 saturated carbocycles. The van der Waals surface area contributed by atoms with E-state index in [0.717, 1.165) is 10.0 Å². The Morgan fingerprint density at radius 3 is 2.60 bits per heavy atom. The molecule has 4 nitrogen and oxygen atoms in total. The van der Waals surface area contributed by atoms with Gasteiger partial charge in [-0.3, -0.25) is 0 Å². The highest BCUT2D eigenvalue weighted by Crippen LogP contribution is 2.34. The fourth-order valence-corrected chi connectivity index (χ4v) is 2.30. The molecule has 2 aromatic carbocycles. The molecule has 0 aliphatic rings. The lowest BCUT2D eigenvalue weighted by Crippen LogP contribution is -2.06. The van der Waals surface area contributed by atoms with Crippen molar-refractivity contribution < 1.29 is 14.3 Å². The Hall–Kier alpha value is -2.01. The van der Waals surface area contributed by atoms with Crippen LogP contribution < -0.4 is 10.5 Å². The highest BCUT2D eigenvalue weighted by Gasteiger charge is 2.14. The van der Waals surface area contributed by atoms with Crippen molar-refractivity contribution in [1.82, 2.24) is 0 Å². The average Bonchev–Trinajstić information content (AvgIpc) is 2.43. The number of methoxy groups -OCH3 is 1. The summed E-state index contributed by atoms with van der Waals surface area (Å²) in [5.74, 6) is 0.553. The first-order valence-electron chi connectivity index (χ1n) is 5.93. The van der Waals surface area contributed by atoms with Gasteiger partial charge in [0.15, 0.2) is 5.75 Å². The topological polar surface area (TPSA) is 61.5 Å². The number of carbonyl (C=O) groups excluding carboxylic acids is 1. The number of nitrogen functional groups attached to an aromatic ring is 1. The molecular weight excluding hydrogens is 322 g/mol. The molecule has 0 spiro atoms. The Kier molecular flexibility index (Phi) is 4.29. The Morgan fingerprint density at radius 2 is 1.95 bits per heavy atom. The molecule has 0 heterocycles. The van der Waals surface area contributed by atoms with Crippen LogP contribution in [0, 0.1) is 6.92 Å². The minimum Gasteiger partial charge on any atom is -0.465 e. The summed E-state index contributed by atoms with van der Waals surface area (Å²) in [6, 6.07) is 10.7. The number of esters is 1. The van der Waals surface area contributed by atoms with Crippen molar-refractivity contribution >= 4 is 27.6 Å². The predicted octanol–water partition coefficient (Wildman–Crippen LogP) is 3.92. The summed E-state index contributed by atoms with van der Waals surface area (Å²) in [6.07, 6.45) is 0. The lowest BCUT2D eigenvalue weighted by Gasteiger charge is -2.12. The number of ether oxygens (including phenoxy) is 2. The molecular formula is C15H14BrNO3. The highest BCUT2D eigenvalue weighted by atomic mass is 79.9. The van der Waals surface area contributed by atoms with E-state index >= 15 is 0 Å². The maximum Gasteiger partial charge on any atom is 0.340 e. The Morgan fingerprint density at radius 1 is 1.20 bits per heavy atom. The summed E-state index contributed by atoms with van der Waals surface area (Å²) < 4.78 is 11.2. The first kappa shape index (κ1) is 14.4. The van der Waals surface area contributed by atoms with Gasteiger partial charge < -0.3 is 15.2 Å². The van der Waals surface area contributed by atoms with Crippen molar-refractivity contribution in [2.24, 2.45) is 0 Å². The van der Waals surface area contributed by atoms with E-state index in [-0.39, 0.29) is 11.3 Å². The number of anilines is 1. The standard InChI is InChI=1S/C15H14BrNO3/c1-9-6-7-12(11(16)8-9)20-13-5-3-4-10(14(13)17)15(18)19-2/h3-8H,17H2,1-2H3. The van der Waals surface area contributed by atoms with Crippen molar-refractivity contribution in [1.29, 1.82) is 0 Å². The smallest absolute Gasteiger partial charge is 0.340 e.